The van der Waals surface area contributed by atoms with Crippen LogP contribution in [-0.4, -0.2) is 5.91 Å². The molecule has 1 atom stereocenters. The van der Waals surface area contributed by atoms with E-state index in [1.165, 1.54) is 0 Å². The van der Waals surface area contributed by atoms with E-state index in [2.05, 4.69) is 5.32 Å². The van der Waals surface area contributed by atoms with Crippen molar-refractivity contribution in [2.45, 2.75) is 6.17 Å². The minimum Gasteiger partial charge on any atom is -0.322 e. The van der Waals surface area contributed by atoms with Crippen LogP contribution in [0.5, 0.6) is 0 Å². The molecule has 0 aliphatic heterocycles. The Balaban J connectivity index is 1.88. The maximum Gasteiger partial charge on any atom is 0.255 e. The molecular weight excluding hydrogens is 289 g/mol. The van der Waals surface area contributed by atoms with Crippen molar-refractivity contribution >= 4 is 11.6 Å². The van der Waals surface area contributed by atoms with Crippen molar-refractivity contribution in [3.05, 3.63) is 102 Å². The van der Waals surface area contributed by atoms with Gasteiger partial charge in [-0.3, -0.25) is 4.79 Å². The average Bonchev–Trinajstić information content (AvgIpc) is 2.63. The summed E-state index contributed by atoms with van der Waals surface area (Å²) in [7, 11) is 0. The van der Waals surface area contributed by atoms with Crippen LogP contribution in [0, 0.1) is 0 Å². The molecule has 23 heavy (non-hydrogen) atoms. The molecule has 3 aromatic carbocycles. The molecule has 0 aliphatic carbocycles. The highest BCUT2D eigenvalue weighted by Crippen LogP contribution is 2.31. The number of nitrogens with one attached hydrogen (secondary N) is 1. The summed E-state index contributed by atoms with van der Waals surface area (Å²) >= 11 is 0. The van der Waals surface area contributed by atoms with E-state index in [1.807, 2.05) is 12.1 Å². The Morgan fingerprint density at radius 1 is 0.783 bits per heavy atom. The highest BCUT2D eigenvalue weighted by molar-refractivity contribution is 6.04. The fourth-order valence-electron chi connectivity index (χ4n) is 2.42. The number of para-hydroxylation sites is 1. The Kier molecular flexibility index (Phi) is 4.48. The van der Waals surface area contributed by atoms with Gasteiger partial charge in [-0.25, -0.2) is 4.39 Å². The molecule has 0 aliphatic rings. The standard InChI is InChI=1S/C20H16FNO/c21-19(15-9-3-1-4-10-15)17-13-7-8-14-18(17)22-20(23)16-11-5-2-6-12-16/h1-14,19H,(H,22,23). The van der Waals surface area contributed by atoms with Crippen LogP contribution in [0.1, 0.15) is 27.7 Å². The lowest BCUT2D eigenvalue weighted by Crippen LogP contribution is -2.13. The zero-order valence-electron chi connectivity index (χ0n) is 12.4. The van der Waals surface area contributed by atoms with Crippen molar-refractivity contribution < 1.29 is 9.18 Å². The molecule has 114 valence electrons. The van der Waals surface area contributed by atoms with Gasteiger partial charge in [0.25, 0.3) is 5.91 Å². The third-order valence-corrected chi connectivity index (χ3v) is 3.61. The number of anilines is 1. The van der Waals surface area contributed by atoms with Gasteiger partial charge in [-0.15, -0.1) is 0 Å². The molecule has 0 saturated heterocycles. The summed E-state index contributed by atoms with van der Waals surface area (Å²) in [5.74, 6) is -0.252. The minimum atomic E-state index is -1.29. The van der Waals surface area contributed by atoms with Crippen LogP contribution in [0.2, 0.25) is 0 Å². The van der Waals surface area contributed by atoms with E-state index in [9.17, 15) is 9.18 Å². The predicted molar refractivity (Wildman–Crippen MR) is 90.2 cm³/mol. The van der Waals surface area contributed by atoms with E-state index in [0.29, 0.717) is 22.4 Å². The van der Waals surface area contributed by atoms with Gasteiger partial charge >= 0.3 is 0 Å². The second kappa shape index (κ2) is 6.88. The summed E-state index contributed by atoms with van der Waals surface area (Å²) in [4.78, 5) is 12.3. The number of amides is 1. The van der Waals surface area contributed by atoms with Gasteiger partial charge in [0.2, 0.25) is 0 Å². The molecule has 1 N–H and O–H groups in total. The second-order valence-electron chi connectivity index (χ2n) is 5.18. The van der Waals surface area contributed by atoms with Gasteiger partial charge in [0.15, 0.2) is 6.17 Å². The van der Waals surface area contributed by atoms with Gasteiger partial charge in [0.1, 0.15) is 0 Å². The largest absolute Gasteiger partial charge is 0.322 e. The Labute approximate surface area is 134 Å². The Morgan fingerprint density at radius 2 is 1.35 bits per heavy atom. The van der Waals surface area contributed by atoms with Gasteiger partial charge in [-0.1, -0.05) is 66.7 Å². The third kappa shape index (κ3) is 3.46. The minimum absolute atomic E-state index is 0.252. The number of carbonyl (C=O) groups excluding carboxylic acids is 1. The Morgan fingerprint density at radius 3 is 2.04 bits per heavy atom. The molecule has 1 amide bonds. The van der Waals surface area contributed by atoms with Crippen LogP contribution >= 0.6 is 0 Å². The van der Waals surface area contributed by atoms with Crippen molar-refractivity contribution in [2.24, 2.45) is 0 Å². The van der Waals surface area contributed by atoms with E-state index >= 15 is 0 Å². The number of halogens is 1. The van der Waals surface area contributed by atoms with Crippen molar-refractivity contribution in [3.63, 3.8) is 0 Å². The number of hydrogen-bond acceptors (Lipinski definition) is 1. The van der Waals surface area contributed by atoms with Crippen LogP contribution in [0.25, 0.3) is 0 Å². The summed E-state index contributed by atoms with van der Waals surface area (Å²) in [6.45, 7) is 0. The fraction of sp³-hybridized carbons (Fsp3) is 0.0500. The number of rotatable bonds is 4. The lowest BCUT2D eigenvalue weighted by molar-refractivity contribution is 0.102. The first-order valence-electron chi connectivity index (χ1n) is 7.40. The van der Waals surface area contributed by atoms with E-state index in [4.69, 9.17) is 0 Å². The molecular formula is C20H16FNO. The topological polar surface area (TPSA) is 29.1 Å². The first-order chi connectivity index (χ1) is 11.3. The molecule has 0 spiro atoms. The van der Waals surface area contributed by atoms with E-state index < -0.39 is 6.17 Å². The maximum atomic E-state index is 14.8. The van der Waals surface area contributed by atoms with Crippen molar-refractivity contribution in [3.8, 4) is 0 Å². The first kappa shape index (κ1) is 15.0. The predicted octanol–water partition coefficient (Wildman–Crippen LogP) is 5.00. The Bertz CT molecular complexity index is 787. The SMILES string of the molecule is O=C(Nc1ccccc1C(F)c1ccccc1)c1ccccc1. The molecule has 0 radical (unpaired) electrons. The smallest absolute Gasteiger partial charge is 0.255 e. The molecule has 2 nitrogen and oxygen atoms in total. The molecule has 0 heterocycles. The zero-order valence-corrected chi connectivity index (χ0v) is 12.4. The molecule has 3 aromatic rings. The zero-order chi connectivity index (χ0) is 16.1. The summed E-state index contributed by atoms with van der Waals surface area (Å²) in [6, 6.07) is 24.8. The quantitative estimate of drug-likeness (QED) is 0.722. The van der Waals surface area contributed by atoms with Crippen molar-refractivity contribution in [1.82, 2.24) is 0 Å². The number of carbonyl (C=O) groups is 1. The van der Waals surface area contributed by atoms with Crippen LogP contribution in [-0.2, 0) is 0 Å². The van der Waals surface area contributed by atoms with E-state index in [0.717, 1.165) is 0 Å². The van der Waals surface area contributed by atoms with Crippen molar-refractivity contribution in [1.29, 1.82) is 0 Å². The molecule has 0 bridgehead atoms. The lowest BCUT2D eigenvalue weighted by Gasteiger charge is -2.15. The highest BCUT2D eigenvalue weighted by Gasteiger charge is 2.17. The summed E-state index contributed by atoms with van der Waals surface area (Å²) in [5.41, 5.74) is 2.03. The monoisotopic (exact) mass is 305 g/mol. The van der Waals surface area contributed by atoms with E-state index in [-0.39, 0.29) is 5.91 Å². The second-order valence-corrected chi connectivity index (χ2v) is 5.18. The molecule has 3 heteroatoms. The van der Waals surface area contributed by atoms with Gasteiger partial charge < -0.3 is 5.32 Å². The first-order valence-corrected chi connectivity index (χ1v) is 7.40. The number of alkyl halides is 1. The summed E-state index contributed by atoms with van der Waals surface area (Å²) in [5, 5.41) is 2.80. The molecule has 1 unspecified atom stereocenters. The fourth-order valence-corrected chi connectivity index (χ4v) is 2.42. The number of benzene rings is 3. The normalized spacial score (nSPS) is 11.7. The summed E-state index contributed by atoms with van der Waals surface area (Å²) < 4.78 is 14.8. The molecule has 3 rings (SSSR count). The van der Waals surface area contributed by atoms with Gasteiger partial charge in [-0.2, -0.15) is 0 Å². The van der Waals surface area contributed by atoms with Gasteiger partial charge in [0.05, 0.1) is 0 Å². The van der Waals surface area contributed by atoms with Crippen LogP contribution in [0.15, 0.2) is 84.9 Å². The third-order valence-electron chi connectivity index (χ3n) is 3.61. The molecule has 0 saturated carbocycles. The highest BCUT2D eigenvalue weighted by atomic mass is 19.1. The summed E-state index contributed by atoms with van der Waals surface area (Å²) in [6.07, 6.45) is -1.29. The van der Waals surface area contributed by atoms with Crippen LogP contribution in [0.3, 0.4) is 0 Å². The van der Waals surface area contributed by atoms with Crippen molar-refractivity contribution in [2.75, 3.05) is 5.32 Å². The maximum absolute atomic E-state index is 14.8. The molecule has 0 fully saturated rings. The van der Waals surface area contributed by atoms with Gasteiger partial charge in [0, 0.05) is 16.8 Å². The van der Waals surface area contributed by atoms with Crippen LogP contribution in [0.4, 0.5) is 10.1 Å². The van der Waals surface area contributed by atoms with Gasteiger partial charge in [-0.05, 0) is 23.8 Å². The average molecular weight is 305 g/mol. The number of hydrogen-bond donors (Lipinski definition) is 1. The van der Waals surface area contributed by atoms with E-state index in [1.54, 1.807) is 72.8 Å². The van der Waals surface area contributed by atoms with Crippen LogP contribution < -0.4 is 5.32 Å². The Hall–Kier alpha value is -2.94. The molecule has 0 aromatic heterocycles. The lowest BCUT2D eigenvalue weighted by atomic mass is 10.0.